The summed E-state index contributed by atoms with van der Waals surface area (Å²) in [6.45, 7) is 15.1. The lowest BCUT2D eigenvalue weighted by molar-refractivity contribution is 0.111. The van der Waals surface area contributed by atoms with Crippen LogP contribution in [-0.2, 0) is 4.74 Å². The highest BCUT2D eigenvalue weighted by Crippen LogP contribution is 2.04. The fraction of sp³-hybridized carbons (Fsp3) is 1.00. The molecule has 98 valence electrons. The van der Waals surface area contributed by atoms with Crippen molar-refractivity contribution < 1.29 is 4.74 Å². The molecule has 3 heteroatoms. The van der Waals surface area contributed by atoms with E-state index in [-0.39, 0.29) is 11.6 Å². The lowest BCUT2D eigenvalue weighted by atomic mass is 10.0. The van der Waals surface area contributed by atoms with Crippen molar-refractivity contribution in [1.29, 1.82) is 0 Å². The van der Waals surface area contributed by atoms with Gasteiger partial charge in [0.2, 0.25) is 0 Å². The van der Waals surface area contributed by atoms with Crippen molar-refractivity contribution in [2.45, 2.75) is 59.2 Å². The van der Waals surface area contributed by atoms with Gasteiger partial charge in [0.1, 0.15) is 0 Å². The highest BCUT2D eigenvalue weighted by molar-refractivity contribution is 4.79. The molecule has 0 amide bonds. The summed E-state index contributed by atoms with van der Waals surface area (Å²) in [4.78, 5) is 0. The van der Waals surface area contributed by atoms with E-state index in [1.807, 2.05) is 0 Å². The summed E-state index contributed by atoms with van der Waals surface area (Å²) < 4.78 is 5.24. The van der Waals surface area contributed by atoms with Crippen LogP contribution in [0.15, 0.2) is 0 Å². The summed E-state index contributed by atoms with van der Waals surface area (Å²) in [6.07, 6.45) is 0.274. The summed E-state index contributed by atoms with van der Waals surface area (Å²) in [5.41, 5.74) is 0.182. The van der Waals surface area contributed by atoms with Crippen LogP contribution in [0.2, 0.25) is 0 Å². The van der Waals surface area contributed by atoms with E-state index in [0.717, 1.165) is 13.1 Å². The second-order valence-electron chi connectivity index (χ2n) is 5.94. The van der Waals surface area contributed by atoms with Gasteiger partial charge in [-0.25, -0.2) is 0 Å². The molecule has 0 rings (SSSR count). The van der Waals surface area contributed by atoms with Crippen LogP contribution in [0.3, 0.4) is 0 Å². The molecule has 0 saturated heterocycles. The first-order valence-corrected chi connectivity index (χ1v) is 6.27. The van der Waals surface area contributed by atoms with E-state index < -0.39 is 0 Å². The Morgan fingerprint density at radius 2 is 1.62 bits per heavy atom. The molecule has 0 saturated carbocycles. The molecule has 16 heavy (non-hydrogen) atoms. The van der Waals surface area contributed by atoms with Crippen molar-refractivity contribution in [3.05, 3.63) is 0 Å². The zero-order valence-electron chi connectivity index (χ0n) is 12.1. The van der Waals surface area contributed by atoms with Gasteiger partial charge in [-0.2, -0.15) is 0 Å². The minimum Gasteiger partial charge on any atom is -0.380 e. The van der Waals surface area contributed by atoms with Crippen LogP contribution in [0.1, 0.15) is 41.5 Å². The van der Waals surface area contributed by atoms with Gasteiger partial charge in [0.25, 0.3) is 0 Å². The molecule has 0 spiro atoms. The monoisotopic (exact) mass is 230 g/mol. The number of hydrogen-bond acceptors (Lipinski definition) is 3. The third-order valence-corrected chi connectivity index (χ3v) is 2.73. The Hall–Kier alpha value is -0.120. The number of rotatable bonds is 7. The van der Waals surface area contributed by atoms with Gasteiger partial charge in [-0.1, -0.05) is 13.8 Å². The van der Waals surface area contributed by atoms with Crippen molar-refractivity contribution in [3.8, 4) is 0 Å². The van der Waals surface area contributed by atoms with E-state index >= 15 is 0 Å². The molecule has 0 aliphatic rings. The van der Waals surface area contributed by atoms with E-state index in [9.17, 15) is 0 Å². The molecule has 0 radical (unpaired) electrons. The molecule has 0 aromatic rings. The average Bonchev–Trinajstić information content (AvgIpc) is 2.14. The van der Waals surface area contributed by atoms with Gasteiger partial charge in [-0.05, 0) is 33.6 Å². The SMILES string of the molecule is COC(C)CNC(CNC(C)(C)C)C(C)C. The Balaban J connectivity index is 3.99. The van der Waals surface area contributed by atoms with Gasteiger partial charge < -0.3 is 15.4 Å². The molecular weight excluding hydrogens is 200 g/mol. The molecule has 2 N–H and O–H groups in total. The Morgan fingerprint density at radius 1 is 1.06 bits per heavy atom. The normalized spacial score (nSPS) is 16.5. The van der Waals surface area contributed by atoms with Gasteiger partial charge in [0.05, 0.1) is 6.10 Å². The third-order valence-electron chi connectivity index (χ3n) is 2.73. The molecule has 3 nitrogen and oxygen atoms in total. The number of hydrogen-bond donors (Lipinski definition) is 2. The highest BCUT2D eigenvalue weighted by Gasteiger charge is 2.17. The first kappa shape index (κ1) is 15.9. The van der Waals surface area contributed by atoms with E-state index in [4.69, 9.17) is 4.74 Å². The molecule has 0 fully saturated rings. The van der Waals surface area contributed by atoms with Crippen LogP contribution in [0.25, 0.3) is 0 Å². The molecule has 0 bridgehead atoms. The summed E-state index contributed by atoms with van der Waals surface area (Å²) in [5.74, 6) is 0.624. The summed E-state index contributed by atoms with van der Waals surface area (Å²) >= 11 is 0. The standard InChI is InChI=1S/C13H30N2O/c1-10(2)12(9-15-13(4,5)6)14-8-11(3)16-7/h10-12,14-15H,8-9H2,1-7H3. The number of methoxy groups -OCH3 is 1. The van der Waals surface area contributed by atoms with Gasteiger partial charge in [-0.15, -0.1) is 0 Å². The van der Waals surface area contributed by atoms with Crippen LogP contribution < -0.4 is 10.6 Å². The molecule has 0 heterocycles. The Bertz CT molecular complexity index is 175. The third kappa shape index (κ3) is 8.08. The van der Waals surface area contributed by atoms with Crippen LogP contribution in [0.5, 0.6) is 0 Å². The van der Waals surface area contributed by atoms with E-state index in [1.165, 1.54) is 0 Å². The molecule has 2 atom stereocenters. The van der Waals surface area contributed by atoms with Crippen molar-refractivity contribution in [1.82, 2.24) is 10.6 Å². The summed E-state index contributed by atoms with van der Waals surface area (Å²) in [6, 6.07) is 0.497. The lowest BCUT2D eigenvalue weighted by Crippen LogP contribution is -2.49. The fourth-order valence-corrected chi connectivity index (χ4v) is 1.36. The maximum atomic E-state index is 5.24. The second-order valence-corrected chi connectivity index (χ2v) is 5.94. The minimum atomic E-state index is 0.182. The van der Waals surface area contributed by atoms with Crippen molar-refractivity contribution in [2.75, 3.05) is 20.2 Å². The zero-order valence-corrected chi connectivity index (χ0v) is 12.1. The first-order chi connectivity index (χ1) is 7.26. The quantitative estimate of drug-likeness (QED) is 0.702. The smallest absolute Gasteiger partial charge is 0.0667 e. The Labute approximate surface area is 101 Å². The van der Waals surface area contributed by atoms with Crippen LogP contribution in [0, 0.1) is 5.92 Å². The molecule has 2 unspecified atom stereocenters. The summed E-state index contributed by atoms with van der Waals surface area (Å²) in [5, 5.41) is 7.10. The topological polar surface area (TPSA) is 33.3 Å². The van der Waals surface area contributed by atoms with E-state index in [2.05, 4.69) is 52.2 Å². The maximum absolute atomic E-state index is 5.24. The molecule has 0 aromatic heterocycles. The Morgan fingerprint density at radius 3 is 2.00 bits per heavy atom. The van der Waals surface area contributed by atoms with Gasteiger partial charge in [-0.3, -0.25) is 0 Å². The van der Waals surface area contributed by atoms with Crippen LogP contribution >= 0.6 is 0 Å². The van der Waals surface area contributed by atoms with Crippen molar-refractivity contribution >= 4 is 0 Å². The van der Waals surface area contributed by atoms with E-state index in [0.29, 0.717) is 12.0 Å². The van der Waals surface area contributed by atoms with Crippen LogP contribution in [-0.4, -0.2) is 37.9 Å². The van der Waals surface area contributed by atoms with Gasteiger partial charge in [0, 0.05) is 31.8 Å². The van der Waals surface area contributed by atoms with Gasteiger partial charge in [0.15, 0.2) is 0 Å². The molecule has 0 aromatic carbocycles. The lowest BCUT2D eigenvalue weighted by Gasteiger charge is -2.29. The molecule has 0 aliphatic carbocycles. The van der Waals surface area contributed by atoms with Crippen molar-refractivity contribution in [3.63, 3.8) is 0 Å². The zero-order chi connectivity index (χ0) is 12.8. The molecular formula is C13H30N2O. The highest BCUT2D eigenvalue weighted by atomic mass is 16.5. The van der Waals surface area contributed by atoms with Crippen molar-refractivity contribution in [2.24, 2.45) is 5.92 Å². The second kappa shape index (κ2) is 7.25. The number of nitrogens with one attached hydrogen (secondary N) is 2. The first-order valence-electron chi connectivity index (χ1n) is 6.27. The van der Waals surface area contributed by atoms with Gasteiger partial charge >= 0.3 is 0 Å². The predicted octanol–water partition coefficient (Wildman–Crippen LogP) is 2.02. The Kier molecular flexibility index (Phi) is 7.20. The largest absolute Gasteiger partial charge is 0.380 e. The molecule has 0 aliphatic heterocycles. The van der Waals surface area contributed by atoms with E-state index in [1.54, 1.807) is 7.11 Å². The predicted molar refractivity (Wildman–Crippen MR) is 70.9 cm³/mol. The average molecular weight is 230 g/mol. The fourth-order valence-electron chi connectivity index (χ4n) is 1.36. The van der Waals surface area contributed by atoms with Crippen LogP contribution in [0.4, 0.5) is 0 Å². The maximum Gasteiger partial charge on any atom is 0.0667 e. The number of ether oxygens (including phenoxy) is 1. The summed E-state index contributed by atoms with van der Waals surface area (Å²) in [7, 11) is 1.75. The minimum absolute atomic E-state index is 0.182.